The van der Waals surface area contributed by atoms with E-state index in [-0.39, 0.29) is 17.4 Å². The summed E-state index contributed by atoms with van der Waals surface area (Å²) >= 11 is 0. The second kappa shape index (κ2) is 9.85. The van der Waals surface area contributed by atoms with Crippen LogP contribution < -0.4 is 9.47 Å². The molecule has 0 spiro atoms. The molecule has 1 aliphatic rings. The predicted octanol–water partition coefficient (Wildman–Crippen LogP) is 4.61. The number of rotatable bonds is 8. The highest BCUT2D eigenvalue weighted by Crippen LogP contribution is 2.30. The number of carbonyl (C=O) groups excluding carboxylic acids is 1. The maximum atomic E-state index is 12.4. The Morgan fingerprint density at radius 2 is 1.89 bits per heavy atom. The number of benzene rings is 1. The number of aryl methyl sites for hydroxylation is 1. The van der Waals surface area contributed by atoms with Crippen molar-refractivity contribution in [2.75, 3.05) is 27.3 Å². The Morgan fingerprint density at radius 3 is 2.52 bits per heavy atom. The van der Waals surface area contributed by atoms with Gasteiger partial charge in [-0.3, -0.25) is 4.79 Å². The number of hydrogen-bond donors (Lipinski definition) is 0. The van der Waals surface area contributed by atoms with E-state index in [1.165, 1.54) is 45.3 Å². The van der Waals surface area contributed by atoms with Crippen LogP contribution in [0.3, 0.4) is 0 Å². The first-order chi connectivity index (χ1) is 12.8. The van der Waals surface area contributed by atoms with E-state index in [4.69, 9.17) is 9.47 Å². The maximum Gasteiger partial charge on any atom is 0.422 e. The highest BCUT2D eigenvalue weighted by molar-refractivity contribution is 5.76. The van der Waals surface area contributed by atoms with Gasteiger partial charge < -0.3 is 14.4 Å². The van der Waals surface area contributed by atoms with Gasteiger partial charge in [0.2, 0.25) is 5.91 Å². The van der Waals surface area contributed by atoms with Crippen LogP contribution in [0.4, 0.5) is 13.2 Å². The first-order valence-corrected chi connectivity index (χ1v) is 9.39. The van der Waals surface area contributed by atoms with Crippen LogP contribution in [0.25, 0.3) is 0 Å². The zero-order valence-electron chi connectivity index (χ0n) is 16.0. The fourth-order valence-corrected chi connectivity index (χ4v) is 3.45. The number of amides is 1. The molecule has 1 aromatic carbocycles. The van der Waals surface area contributed by atoms with Gasteiger partial charge >= 0.3 is 6.18 Å². The molecule has 0 radical (unpaired) electrons. The van der Waals surface area contributed by atoms with E-state index in [1.54, 1.807) is 17.0 Å². The van der Waals surface area contributed by atoms with E-state index < -0.39 is 12.8 Å². The lowest BCUT2D eigenvalue weighted by molar-refractivity contribution is -0.153. The van der Waals surface area contributed by atoms with Crippen molar-refractivity contribution in [3.8, 4) is 11.5 Å². The number of hydrogen-bond acceptors (Lipinski definition) is 3. The summed E-state index contributed by atoms with van der Waals surface area (Å²) in [6.45, 7) is -0.570. The number of methoxy groups -OCH3 is 1. The van der Waals surface area contributed by atoms with Crippen molar-refractivity contribution in [1.29, 1.82) is 0 Å². The summed E-state index contributed by atoms with van der Waals surface area (Å²) in [5, 5.41) is 0. The molecule has 4 nitrogen and oxygen atoms in total. The lowest BCUT2D eigenvalue weighted by Crippen LogP contribution is -2.32. The van der Waals surface area contributed by atoms with E-state index in [2.05, 4.69) is 0 Å². The van der Waals surface area contributed by atoms with Gasteiger partial charge in [0.15, 0.2) is 18.1 Å². The van der Waals surface area contributed by atoms with Gasteiger partial charge in [0, 0.05) is 20.0 Å². The molecule has 0 aromatic heterocycles. The molecule has 1 aromatic rings. The lowest BCUT2D eigenvalue weighted by Gasteiger charge is -2.27. The third-order valence-electron chi connectivity index (χ3n) is 4.93. The summed E-state index contributed by atoms with van der Waals surface area (Å²) in [6.07, 6.45) is 2.61. The van der Waals surface area contributed by atoms with Gasteiger partial charge in [-0.1, -0.05) is 25.3 Å². The van der Waals surface area contributed by atoms with Crippen LogP contribution in [0.2, 0.25) is 0 Å². The van der Waals surface area contributed by atoms with Crippen molar-refractivity contribution in [3.05, 3.63) is 23.8 Å². The van der Waals surface area contributed by atoms with Gasteiger partial charge in [-0.2, -0.15) is 13.2 Å². The van der Waals surface area contributed by atoms with Crippen LogP contribution >= 0.6 is 0 Å². The van der Waals surface area contributed by atoms with E-state index in [0.29, 0.717) is 18.8 Å². The molecule has 0 N–H and O–H groups in total. The molecule has 0 unspecified atom stereocenters. The summed E-state index contributed by atoms with van der Waals surface area (Å²) < 4.78 is 46.8. The number of nitrogens with zero attached hydrogens (tertiary/aromatic N) is 1. The van der Waals surface area contributed by atoms with Gasteiger partial charge in [-0.25, -0.2) is 0 Å². The van der Waals surface area contributed by atoms with Crippen LogP contribution in [0.15, 0.2) is 18.2 Å². The smallest absolute Gasteiger partial charge is 0.422 e. The normalized spacial score (nSPS) is 15.4. The Kier molecular flexibility index (Phi) is 7.80. The van der Waals surface area contributed by atoms with Crippen molar-refractivity contribution >= 4 is 5.91 Å². The molecule has 0 atom stereocenters. The van der Waals surface area contributed by atoms with E-state index in [9.17, 15) is 18.0 Å². The molecular formula is C20H28F3NO3. The molecule has 1 fully saturated rings. The average Bonchev–Trinajstić information content (AvgIpc) is 2.64. The summed E-state index contributed by atoms with van der Waals surface area (Å²) in [6, 6.07) is 4.75. The monoisotopic (exact) mass is 387 g/mol. The van der Waals surface area contributed by atoms with Crippen molar-refractivity contribution in [1.82, 2.24) is 4.90 Å². The zero-order chi connectivity index (χ0) is 19.9. The van der Waals surface area contributed by atoms with Crippen LogP contribution in [0, 0.1) is 5.92 Å². The first-order valence-electron chi connectivity index (χ1n) is 9.39. The molecule has 0 aliphatic heterocycles. The first kappa shape index (κ1) is 21.4. The summed E-state index contributed by atoms with van der Waals surface area (Å²) in [5.41, 5.74) is 0.825. The Labute approximate surface area is 158 Å². The standard InChI is InChI=1S/C20H28F3NO3/c1-24(13-16-6-4-3-5-7-16)19(25)11-9-15-8-10-17(18(12-15)26-2)27-14-20(21,22)23/h8,10,12,16H,3-7,9,11,13-14H2,1-2H3. The number of alkyl halides is 3. The van der Waals surface area contributed by atoms with Gasteiger partial charge in [0.1, 0.15) is 0 Å². The SMILES string of the molecule is COc1cc(CCC(=O)N(C)CC2CCCCC2)ccc1OCC(F)(F)F. The molecule has 152 valence electrons. The summed E-state index contributed by atoms with van der Waals surface area (Å²) in [7, 11) is 3.22. The summed E-state index contributed by atoms with van der Waals surface area (Å²) in [4.78, 5) is 14.2. The zero-order valence-corrected chi connectivity index (χ0v) is 16.0. The molecule has 27 heavy (non-hydrogen) atoms. The highest BCUT2D eigenvalue weighted by Gasteiger charge is 2.29. The van der Waals surface area contributed by atoms with Crippen molar-refractivity contribution in [2.45, 2.75) is 51.1 Å². The maximum absolute atomic E-state index is 12.4. The molecule has 0 saturated heterocycles. The second-order valence-corrected chi connectivity index (χ2v) is 7.17. The second-order valence-electron chi connectivity index (χ2n) is 7.17. The Morgan fingerprint density at radius 1 is 1.19 bits per heavy atom. The molecule has 0 bridgehead atoms. The van der Waals surface area contributed by atoms with Crippen LogP contribution in [-0.2, 0) is 11.2 Å². The molecule has 1 saturated carbocycles. The highest BCUT2D eigenvalue weighted by atomic mass is 19.4. The predicted molar refractivity (Wildman–Crippen MR) is 97.1 cm³/mol. The number of ether oxygens (including phenoxy) is 2. The minimum Gasteiger partial charge on any atom is -0.493 e. The van der Waals surface area contributed by atoms with Crippen LogP contribution in [0.5, 0.6) is 11.5 Å². The Bertz CT molecular complexity index is 613. The molecule has 1 amide bonds. The fourth-order valence-electron chi connectivity index (χ4n) is 3.45. The van der Waals surface area contributed by atoms with E-state index in [1.807, 2.05) is 7.05 Å². The Balaban J connectivity index is 1.86. The lowest BCUT2D eigenvalue weighted by atomic mass is 9.89. The summed E-state index contributed by atoms with van der Waals surface area (Å²) in [5.74, 6) is 0.953. The molecule has 0 heterocycles. The van der Waals surface area contributed by atoms with Crippen molar-refractivity contribution < 1.29 is 27.4 Å². The molecule has 2 rings (SSSR count). The largest absolute Gasteiger partial charge is 0.493 e. The van der Waals surface area contributed by atoms with Gasteiger partial charge in [-0.05, 0) is 42.9 Å². The van der Waals surface area contributed by atoms with Gasteiger partial charge in [0.25, 0.3) is 0 Å². The third-order valence-corrected chi connectivity index (χ3v) is 4.93. The minimum absolute atomic E-state index is 0.0410. The number of carbonyl (C=O) groups is 1. The van der Waals surface area contributed by atoms with Gasteiger partial charge in [-0.15, -0.1) is 0 Å². The quantitative estimate of drug-likeness (QED) is 0.654. The van der Waals surface area contributed by atoms with Crippen LogP contribution in [0.1, 0.15) is 44.1 Å². The molecule has 1 aliphatic carbocycles. The molecular weight excluding hydrogens is 359 g/mol. The Hall–Kier alpha value is -1.92. The topological polar surface area (TPSA) is 38.8 Å². The van der Waals surface area contributed by atoms with Crippen LogP contribution in [-0.4, -0.2) is 44.3 Å². The fraction of sp³-hybridized carbons (Fsp3) is 0.650. The van der Waals surface area contributed by atoms with Gasteiger partial charge in [0.05, 0.1) is 7.11 Å². The minimum atomic E-state index is -4.40. The van der Waals surface area contributed by atoms with Crippen molar-refractivity contribution in [2.24, 2.45) is 5.92 Å². The third kappa shape index (κ3) is 7.31. The van der Waals surface area contributed by atoms with E-state index in [0.717, 1.165) is 12.1 Å². The molecule has 7 heteroatoms. The average molecular weight is 387 g/mol. The van der Waals surface area contributed by atoms with E-state index >= 15 is 0 Å². The van der Waals surface area contributed by atoms with Crippen molar-refractivity contribution in [3.63, 3.8) is 0 Å². The number of halogens is 3.